The van der Waals surface area contributed by atoms with Gasteiger partial charge in [0.25, 0.3) is 0 Å². The predicted molar refractivity (Wildman–Crippen MR) is 108 cm³/mol. The van der Waals surface area contributed by atoms with E-state index in [1.54, 1.807) is 31.2 Å². The average molecular weight is 408 g/mol. The Hall–Kier alpha value is -2.28. The molecule has 2 aliphatic rings. The van der Waals surface area contributed by atoms with Crippen molar-refractivity contribution in [2.24, 2.45) is 5.16 Å². The minimum Gasteiger partial charge on any atom is -0.464 e. The monoisotopic (exact) mass is 407 g/mol. The fourth-order valence-corrected chi connectivity index (χ4v) is 4.04. The van der Waals surface area contributed by atoms with Crippen molar-refractivity contribution < 1.29 is 19.2 Å². The Morgan fingerprint density at radius 3 is 2.79 bits per heavy atom. The van der Waals surface area contributed by atoms with Gasteiger partial charge in [-0.3, -0.25) is 0 Å². The highest BCUT2D eigenvalue weighted by molar-refractivity contribution is 6.30. The molecule has 1 spiro atoms. The predicted octanol–water partition coefficient (Wildman–Crippen LogP) is 4.26. The van der Waals surface area contributed by atoms with Crippen LogP contribution in [0.1, 0.15) is 52.4 Å². The van der Waals surface area contributed by atoms with E-state index in [0.717, 1.165) is 25.0 Å². The van der Waals surface area contributed by atoms with Crippen LogP contribution in [0.3, 0.4) is 0 Å². The summed E-state index contributed by atoms with van der Waals surface area (Å²) in [7, 11) is 0. The second kappa shape index (κ2) is 8.39. The minimum absolute atomic E-state index is 0.240. The number of nitrogens with one attached hydrogen (secondary N) is 2. The number of ether oxygens (including phenoxy) is 1. The van der Waals surface area contributed by atoms with Crippen LogP contribution in [0.2, 0.25) is 5.02 Å². The molecule has 28 heavy (non-hydrogen) atoms. The SMILES string of the molecule is CCCCC1=NOC2(C1)CC(NC(=O)Nc1cccc(Cl)c1)(C(=O)OCC)C2. The van der Waals surface area contributed by atoms with Gasteiger partial charge >= 0.3 is 12.0 Å². The maximum atomic E-state index is 12.6. The lowest BCUT2D eigenvalue weighted by Gasteiger charge is -2.50. The summed E-state index contributed by atoms with van der Waals surface area (Å²) in [4.78, 5) is 30.8. The molecule has 0 aromatic heterocycles. The number of rotatable bonds is 7. The van der Waals surface area contributed by atoms with Gasteiger partial charge < -0.3 is 20.2 Å². The number of oxime groups is 1. The summed E-state index contributed by atoms with van der Waals surface area (Å²) < 4.78 is 5.22. The first-order valence-electron chi connectivity index (χ1n) is 9.66. The quantitative estimate of drug-likeness (QED) is 0.661. The fourth-order valence-electron chi connectivity index (χ4n) is 3.85. The molecule has 0 unspecified atom stereocenters. The number of halogens is 1. The Balaban J connectivity index is 1.64. The number of hydrogen-bond donors (Lipinski definition) is 2. The number of amides is 2. The van der Waals surface area contributed by atoms with Gasteiger partial charge in [-0.05, 0) is 38.0 Å². The van der Waals surface area contributed by atoms with Crippen molar-refractivity contribution in [2.75, 3.05) is 11.9 Å². The Morgan fingerprint density at radius 2 is 2.11 bits per heavy atom. The van der Waals surface area contributed by atoms with Crippen LogP contribution in [0, 0.1) is 0 Å². The van der Waals surface area contributed by atoms with Crippen LogP contribution in [-0.2, 0) is 14.4 Å². The molecule has 1 heterocycles. The van der Waals surface area contributed by atoms with Crippen LogP contribution < -0.4 is 10.6 Å². The number of urea groups is 1. The van der Waals surface area contributed by atoms with Gasteiger partial charge in [0.2, 0.25) is 0 Å². The highest BCUT2D eigenvalue weighted by atomic mass is 35.5. The second-order valence-electron chi connectivity index (χ2n) is 7.46. The summed E-state index contributed by atoms with van der Waals surface area (Å²) in [5.41, 5.74) is -0.0869. The number of unbranched alkanes of at least 4 members (excludes halogenated alkanes) is 1. The Morgan fingerprint density at radius 1 is 1.32 bits per heavy atom. The molecule has 2 amide bonds. The molecule has 1 saturated carbocycles. The van der Waals surface area contributed by atoms with E-state index in [1.165, 1.54) is 0 Å². The lowest BCUT2D eigenvalue weighted by molar-refractivity contribution is -0.177. The first-order valence-corrected chi connectivity index (χ1v) is 10.0. The zero-order chi connectivity index (χ0) is 20.2. The Labute approximate surface area is 169 Å². The van der Waals surface area contributed by atoms with Crippen LogP contribution in [-0.4, -0.2) is 35.5 Å². The highest BCUT2D eigenvalue weighted by Crippen LogP contribution is 2.50. The van der Waals surface area contributed by atoms with Crippen LogP contribution >= 0.6 is 11.6 Å². The summed E-state index contributed by atoms with van der Waals surface area (Å²) in [6, 6.07) is 6.32. The molecule has 1 aromatic rings. The molecule has 0 bridgehead atoms. The van der Waals surface area contributed by atoms with Crippen molar-refractivity contribution in [3.63, 3.8) is 0 Å². The number of benzene rings is 1. The van der Waals surface area contributed by atoms with Crippen LogP contribution in [0.4, 0.5) is 10.5 Å². The van der Waals surface area contributed by atoms with Crippen molar-refractivity contribution in [2.45, 2.75) is 63.5 Å². The molecule has 2 N–H and O–H groups in total. The van der Waals surface area contributed by atoms with E-state index >= 15 is 0 Å². The lowest BCUT2D eigenvalue weighted by Crippen LogP contribution is -2.70. The molecule has 0 atom stereocenters. The molecule has 1 aromatic carbocycles. The zero-order valence-corrected chi connectivity index (χ0v) is 17.0. The number of carbonyl (C=O) groups is 2. The van der Waals surface area contributed by atoms with Crippen molar-refractivity contribution in [1.82, 2.24) is 5.32 Å². The second-order valence-corrected chi connectivity index (χ2v) is 7.89. The molecule has 3 rings (SSSR count). The first-order chi connectivity index (χ1) is 13.4. The van der Waals surface area contributed by atoms with Crippen molar-refractivity contribution in [3.05, 3.63) is 29.3 Å². The smallest absolute Gasteiger partial charge is 0.332 e. The van der Waals surface area contributed by atoms with Crippen molar-refractivity contribution in [3.8, 4) is 0 Å². The van der Waals surface area contributed by atoms with E-state index in [-0.39, 0.29) is 6.61 Å². The van der Waals surface area contributed by atoms with Gasteiger partial charge in [-0.25, -0.2) is 9.59 Å². The third-order valence-electron chi connectivity index (χ3n) is 5.06. The summed E-state index contributed by atoms with van der Waals surface area (Å²) in [6.07, 6.45) is 4.40. The molecule has 0 radical (unpaired) electrons. The van der Waals surface area contributed by atoms with E-state index < -0.39 is 23.1 Å². The van der Waals surface area contributed by atoms with Crippen LogP contribution in [0.5, 0.6) is 0 Å². The van der Waals surface area contributed by atoms with Crippen LogP contribution in [0.25, 0.3) is 0 Å². The largest absolute Gasteiger partial charge is 0.464 e. The molecule has 152 valence electrons. The molecule has 7 nitrogen and oxygen atoms in total. The molecule has 1 aliphatic heterocycles. The van der Waals surface area contributed by atoms with Crippen molar-refractivity contribution in [1.29, 1.82) is 0 Å². The molecule has 8 heteroatoms. The normalized spacial score (nSPS) is 25.5. The van der Waals surface area contributed by atoms with E-state index in [0.29, 0.717) is 30.0 Å². The summed E-state index contributed by atoms with van der Waals surface area (Å²) >= 11 is 5.95. The highest BCUT2D eigenvalue weighted by Gasteiger charge is 2.64. The average Bonchev–Trinajstić information content (AvgIpc) is 3.03. The summed E-state index contributed by atoms with van der Waals surface area (Å²) in [5.74, 6) is -0.451. The summed E-state index contributed by atoms with van der Waals surface area (Å²) in [5, 5.41) is 10.2. The van der Waals surface area contributed by atoms with Gasteiger partial charge in [-0.2, -0.15) is 0 Å². The maximum absolute atomic E-state index is 12.6. The van der Waals surface area contributed by atoms with Crippen LogP contribution in [0.15, 0.2) is 29.4 Å². The van der Waals surface area contributed by atoms with Crippen molar-refractivity contribution >= 4 is 35.0 Å². The minimum atomic E-state index is -1.12. The zero-order valence-electron chi connectivity index (χ0n) is 16.2. The van der Waals surface area contributed by atoms with Gasteiger partial charge in [-0.15, -0.1) is 0 Å². The number of carbonyl (C=O) groups excluding carboxylic acids is 2. The number of anilines is 1. The standard InChI is InChI=1S/C20H26ClN3O4/c1-3-5-8-16-11-19(28-24-16)12-20(13-19,17(25)27-4-2)23-18(26)22-15-9-6-7-14(21)10-15/h6-7,9-10H,3-5,8,11-13H2,1-2H3,(H2,22,23,26). The van der Waals surface area contributed by atoms with E-state index in [9.17, 15) is 9.59 Å². The van der Waals surface area contributed by atoms with Gasteiger partial charge in [0.05, 0.1) is 12.3 Å². The van der Waals surface area contributed by atoms with E-state index in [4.69, 9.17) is 21.2 Å². The number of nitrogens with zero attached hydrogens (tertiary/aromatic N) is 1. The fraction of sp³-hybridized carbons (Fsp3) is 0.550. The lowest BCUT2D eigenvalue weighted by atomic mass is 9.63. The maximum Gasteiger partial charge on any atom is 0.332 e. The third kappa shape index (κ3) is 4.41. The Kier molecular flexibility index (Phi) is 6.13. The van der Waals surface area contributed by atoms with E-state index in [2.05, 4.69) is 22.7 Å². The number of hydrogen-bond acceptors (Lipinski definition) is 5. The molecule has 0 saturated heterocycles. The van der Waals surface area contributed by atoms with E-state index in [1.807, 2.05) is 0 Å². The molecular weight excluding hydrogens is 382 g/mol. The topological polar surface area (TPSA) is 89.0 Å². The van der Waals surface area contributed by atoms with Gasteiger partial charge in [-0.1, -0.05) is 36.2 Å². The first kappa shape index (κ1) is 20.5. The van der Waals surface area contributed by atoms with Gasteiger partial charge in [0.15, 0.2) is 0 Å². The molecular formula is C20H26ClN3O4. The van der Waals surface area contributed by atoms with Gasteiger partial charge in [0, 0.05) is 30.0 Å². The number of esters is 1. The Bertz CT molecular complexity index is 774. The molecule has 1 aliphatic carbocycles. The molecule has 1 fully saturated rings. The third-order valence-corrected chi connectivity index (χ3v) is 5.30. The summed E-state index contributed by atoms with van der Waals surface area (Å²) in [6.45, 7) is 4.11. The van der Waals surface area contributed by atoms with Gasteiger partial charge in [0.1, 0.15) is 11.1 Å².